The van der Waals surface area contributed by atoms with Crippen molar-refractivity contribution in [2.45, 2.75) is 44.9 Å². The van der Waals surface area contributed by atoms with Crippen LogP contribution in [0.2, 0.25) is 0 Å². The van der Waals surface area contributed by atoms with Gasteiger partial charge in [-0.25, -0.2) is 8.42 Å². The predicted octanol–water partition coefficient (Wildman–Crippen LogP) is 2.26. The molecular formula is C15H25NO2S. The predicted molar refractivity (Wildman–Crippen MR) is 81.4 cm³/mol. The van der Waals surface area contributed by atoms with Crippen molar-refractivity contribution in [1.29, 1.82) is 0 Å². The van der Waals surface area contributed by atoms with Crippen LogP contribution in [0.1, 0.15) is 30.5 Å². The average molecular weight is 283 g/mol. The molecule has 1 N–H and O–H groups in total. The smallest absolute Gasteiger partial charge is 0.154 e. The normalized spacial score (nSPS) is 14.4. The highest BCUT2D eigenvalue weighted by Crippen LogP contribution is 2.23. The van der Waals surface area contributed by atoms with E-state index in [-0.39, 0.29) is 6.04 Å². The second-order valence-electron chi connectivity index (χ2n) is 5.92. The van der Waals surface area contributed by atoms with Gasteiger partial charge in [-0.05, 0) is 46.7 Å². The zero-order valence-corrected chi connectivity index (χ0v) is 13.6. The average Bonchev–Trinajstić information content (AvgIpc) is 2.22. The minimum atomic E-state index is -3.12. The molecule has 19 heavy (non-hydrogen) atoms. The molecule has 1 rings (SSSR count). The highest BCUT2D eigenvalue weighted by Gasteiger charge is 2.38. The molecule has 0 aromatic heterocycles. The van der Waals surface area contributed by atoms with Gasteiger partial charge in [-0.2, -0.15) is 0 Å². The van der Waals surface area contributed by atoms with Crippen LogP contribution in [0.15, 0.2) is 18.2 Å². The second-order valence-corrected chi connectivity index (χ2v) is 8.51. The van der Waals surface area contributed by atoms with Gasteiger partial charge in [-0.3, -0.25) is 0 Å². The molecule has 1 unspecified atom stereocenters. The van der Waals surface area contributed by atoms with Crippen molar-refractivity contribution in [3.8, 4) is 0 Å². The van der Waals surface area contributed by atoms with Crippen molar-refractivity contribution in [1.82, 2.24) is 5.32 Å². The van der Waals surface area contributed by atoms with Gasteiger partial charge in [0, 0.05) is 12.3 Å². The third-order valence-corrected chi connectivity index (χ3v) is 6.06. The van der Waals surface area contributed by atoms with Crippen LogP contribution in [0.25, 0.3) is 0 Å². The lowest BCUT2D eigenvalue weighted by Gasteiger charge is -2.32. The van der Waals surface area contributed by atoms with Gasteiger partial charge in [0.15, 0.2) is 9.84 Å². The van der Waals surface area contributed by atoms with Crippen LogP contribution in [0.3, 0.4) is 0 Å². The number of hydrogen-bond acceptors (Lipinski definition) is 3. The van der Waals surface area contributed by atoms with E-state index in [0.29, 0.717) is 6.42 Å². The Morgan fingerprint density at radius 3 is 2.00 bits per heavy atom. The van der Waals surface area contributed by atoms with E-state index in [4.69, 9.17) is 0 Å². The number of hydrogen-bond donors (Lipinski definition) is 1. The summed E-state index contributed by atoms with van der Waals surface area (Å²) >= 11 is 0. The minimum Gasteiger partial charge on any atom is -0.315 e. The molecule has 0 amide bonds. The highest BCUT2D eigenvalue weighted by molar-refractivity contribution is 7.92. The van der Waals surface area contributed by atoms with Gasteiger partial charge < -0.3 is 5.32 Å². The van der Waals surface area contributed by atoms with Gasteiger partial charge in [0.1, 0.15) is 0 Å². The van der Waals surface area contributed by atoms with Gasteiger partial charge in [0.25, 0.3) is 0 Å². The fourth-order valence-electron chi connectivity index (χ4n) is 2.38. The molecule has 0 heterocycles. The molecule has 3 nitrogen and oxygen atoms in total. The Morgan fingerprint density at radius 1 is 1.16 bits per heavy atom. The lowest BCUT2D eigenvalue weighted by atomic mass is 9.94. The van der Waals surface area contributed by atoms with Crippen molar-refractivity contribution in [3.05, 3.63) is 34.9 Å². The summed E-state index contributed by atoms with van der Waals surface area (Å²) in [6, 6.07) is 6.26. The van der Waals surface area contributed by atoms with Gasteiger partial charge in [-0.15, -0.1) is 0 Å². The van der Waals surface area contributed by atoms with Crippen LogP contribution in [0.4, 0.5) is 0 Å². The molecule has 0 aliphatic rings. The number of nitrogens with one attached hydrogen (secondary N) is 1. The summed E-state index contributed by atoms with van der Waals surface area (Å²) in [6.07, 6.45) is 2.01. The van der Waals surface area contributed by atoms with Crippen molar-refractivity contribution in [2.75, 3.05) is 13.3 Å². The molecule has 0 saturated carbocycles. The van der Waals surface area contributed by atoms with Gasteiger partial charge in [0.05, 0.1) is 4.75 Å². The maximum Gasteiger partial charge on any atom is 0.154 e. The van der Waals surface area contributed by atoms with Crippen LogP contribution >= 0.6 is 0 Å². The van der Waals surface area contributed by atoms with Crippen LogP contribution in [-0.4, -0.2) is 32.5 Å². The number of benzene rings is 1. The maximum absolute atomic E-state index is 11.9. The van der Waals surface area contributed by atoms with E-state index in [0.717, 1.165) is 0 Å². The molecule has 0 fully saturated rings. The topological polar surface area (TPSA) is 46.2 Å². The van der Waals surface area contributed by atoms with E-state index in [1.165, 1.54) is 22.9 Å². The summed E-state index contributed by atoms with van der Waals surface area (Å²) in [6.45, 7) is 7.69. The summed E-state index contributed by atoms with van der Waals surface area (Å²) in [4.78, 5) is 0. The van der Waals surface area contributed by atoms with Crippen molar-refractivity contribution in [2.24, 2.45) is 0 Å². The molecule has 0 bridgehead atoms. The van der Waals surface area contributed by atoms with Crippen LogP contribution in [-0.2, 0) is 16.3 Å². The van der Waals surface area contributed by atoms with E-state index in [2.05, 4.69) is 37.4 Å². The summed E-state index contributed by atoms with van der Waals surface area (Å²) < 4.78 is 23.1. The first-order valence-corrected chi connectivity index (χ1v) is 8.41. The van der Waals surface area contributed by atoms with Gasteiger partial charge in [-0.1, -0.05) is 29.3 Å². The zero-order chi connectivity index (χ0) is 14.8. The SMILES string of the molecule is CNC(Cc1cc(C)cc(C)c1)C(C)(C)S(C)(=O)=O. The van der Waals surface area contributed by atoms with Gasteiger partial charge in [0.2, 0.25) is 0 Å². The minimum absolute atomic E-state index is 0.108. The fraction of sp³-hybridized carbons (Fsp3) is 0.600. The quantitative estimate of drug-likeness (QED) is 0.901. The van der Waals surface area contributed by atoms with Crippen LogP contribution < -0.4 is 5.32 Å². The summed E-state index contributed by atoms with van der Waals surface area (Å²) in [5, 5.41) is 3.16. The molecule has 1 atom stereocenters. The van der Waals surface area contributed by atoms with Gasteiger partial charge >= 0.3 is 0 Å². The maximum atomic E-state index is 11.9. The monoisotopic (exact) mass is 283 g/mol. The Hall–Kier alpha value is -0.870. The molecule has 0 saturated heterocycles. The Labute approximate surface area is 117 Å². The second kappa shape index (κ2) is 5.63. The molecule has 0 spiro atoms. The first-order valence-electron chi connectivity index (χ1n) is 6.52. The fourth-order valence-corrected chi connectivity index (χ4v) is 3.09. The summed E-state index contributed by atoms with van der Waals surface area (Å²) in [5.74, 6) is 0. The lowest BCUT2D eigenvalue weighted by molar-refractivity contribution is 0.430. The largest absolute Gasteiger partial charge is 0.315 e. The third-order valence-electron chi connectivity index (χ3n) is 3.86. The van der Waals surface area contributed by atoms with Crippen molar-refractivity contribution < 1.29 is 8.42 Å². The molecule has 4 heteroatoms. The summed E-state index contributed by atoms with van der Waals surface area (Å²) in [7, 11) is -1.30. The van der Waals surface area contributed by atoms with E-state index < -0.39 is 14.6 Å². The first kappa shape index (κ1) is 16.2. The Balaban J connectivity index is 3.07. The van der Waals surface area contributed by atoms with E-state index in [9.17, 15) is 8.42 Å². The Bertz CT molecular complexity index is 527. The highest BCUT2D eigenvalue weighted by atomic mass is 32.2. The van der Waals surface area contributed by atoms with E-state index in [1.54, 1.807) is 13.8 Å². The number of sulfone groups is 1. The number of rotatable bonds is 5. The zero-order valence-electron chi connectivity index (χ0n) is 12.7. The molecular weight excluding hydrogens is 258 g/mol. The van der Waals surface area contributed by atoms with Crippen molar-refractivity contribution >= 4 is 9.84 Å². The Morgan fingerprint density at radius 2 is 1.63 bits per heavy atom. The van der Waals surface area contributed by atoms with E-state index in [1.807, 2.05) is 7.05 Å². The molecule has 1 aromatic rings. The molecule has 0 aliphatic heterocycles. The van der Waals surface area contributed by atoms with Crippen LogP contribution in [0, 0.1) is 13.8 Å². The van der Waals surface area contributed by atoms with Crippen molar-refractivity contribution in [3.63, 3.8) is 0 Å². The molecule has 0 radical (unpaired) electrons. The first-order chi connectivity index (χ1) is 8.57. The number of aryl methyl sites for hydroxylation is 2. The summed E-state index contributed by atoms with van der Waals surface area (Å²) in [5.41, 5.74) is 3.60. The Kier molecular flexibility index (Phi) is 4.80. The third kappa shape index (κ3) is 3.80. The number of likely N-dealkylation sites (N-methyl/N-ethyl adjacent to an activating group) is 1. The lowest BCUT2D eigenvalue weighted by Crippen LogP contribution is -2.51. The molecule has 1 aromatic carbocycles. The molecule has 108 valence electrons. The standard InChI is InChI=1S/C15H25NO2S/c1-11-7-12(2)9-13(8-11)10-14(16-5)15(3,4)19(6,17)18/h7-9,14,16H,10H2,1-6H3. The van der Waals surface area contributed by atoms with E-state index >= 15 is 0 Å². The molecule has 0 aliphatic carbocycles. The van der Waals surface area contributed by atoms with Crippen LogP contribution in [0.5, 0.6) is 0 Å².